The van der Waals surface area contributed by atoms with E-state index in [1.54, 1.807) is 25.1 Å². The number of aryl methyl sites for hydroxylation is 1. The fourth-order valence-electron chi connectivity index (χ4n) is 4.61. The summed E-state index contributed by atoms with van der Waals surface area (Å²) in [7, 11) is -3.95. The monoisotopic (exact) mass is 490 g/mol. The van der Waals surface area contributed by atoms with E-state index in [0.29, 0.717) is 38.0 Å². The second-order valence-electron chi connectivity index (χ2n) is 8.78. The average molecular weight is 491 g/mol. The number of nitrogens with zero attached hydrogens (tertiary/aromatic N) is 4. The fraction of sp³-hybridized carbons (Fsp3) is 0.500. The summed E-state index contributed by atoms with van der Waals surface area (Å²) in [6.07, 6.45) is 4.16. The Morgan fingerprint density at radius 1 is 1.18 bits per heavy atom. The minimum atomic E-state index is -3.95. The molecule has 2 saturated heterocycles. The van der Waals surface area contributed by atoms with Crippen LogP contribution in [0.4, 0.5) is 4.39 Å². The summed E-state index contributed by atoms with van der Waals surface area (Å²) < 4.78 is 47.8. The number of carbonyl (C=O) groups excluding carboxylic acids is 1. The van der Waals surface area contributed by atoms with Crippen LogP contribution >= 0.6 is 0 Å². The second-order valence-corrected chi connectivity index (χ2v) is 10.7. The van der Waals surface area contributed by atoms with Crippen molar-refractivity contribution in [3.8, 4) is 0 Å². The van der Waals surface area contributed by atoms with Crippen molar-refractivity contribution in [2.45, 2.75) is 31.6 Å². The molecular weight excluding hydrogens is 459 g/mol. The largest absolute Gasteiger partial charge is 0.355 e. The predicted molar refractivity (Wildman–Crippen MR) is 127 cm³/mol. The molecule has 4 rings (SSSR count). The highest BCUT2D eigenvalue weighted by atomic mass is 32.2. The molecule has 0 spiro atoms. The first-order valence-corrected chi connectivity index (χ1v) is 13.2. The predicted octanol–water partition coefficient (Wildman–Crippen LogP) is 2.86. The topological polar surface area (TPSA) is 87.0 Å². The summed E-state index contributed by atoms with van der Waals surface area (Å²) in [5.41, 5.74) is 0.545. The number of rotatable bonds is 6. The van der Waals surface area contributed by atoms with Gasteiger partial charge in [0.2, 0.25) is 15.9 Å². The van der Waals surface area contributed by atoms with Crippen LogP contribution in [0.2, 0.25) is 0 Å². The molecule has 1 aromatic heterocycles. The third-order valence-electron chi connectivity index (χ3n) is 6.62. The Bertz CT molecular complexity index is 1160. The number of carbonyl (C=O) groups is 1. The fourth-order valence-corrected chi connectivity index (χ4v) is 6.38. The standard InChI is InChI=1S/C24H31FN4O4S/c1-3-27-13-15-28(16-14-27)24(30)20-8-6-12-29(17-20)34(31,32)23-18(2)26-33-22(23)11-10-19-7-4-5-9-21(19)25/h4-5,7,9-11,20H,3,6,8,12-17H2,1-2H3. The van der Waals surface area contributed by atoms with Crippen molar-refractivity contribution in [1.82, 2.24) is 19.3 Å². The third-order valence-corrected chi connectivity index (χ3v) is 8.64. The zero-order valence-electron chi connectivity index (χ0n) is 19.6. The third kappa shape index (κ3) is 5.08. The van der Waals surface area contributed by atoms with Gasteiger partial charge in [0.15, 0.2) is 10.7 Å². The molecule has 2 aliphatic heterocycles. The Morgan fingerprint density at radius 2 is 1.91 bits per heavy atom. The Labute approximate surface area is 200 Å². The van der Waals surface area contributed by atoms with E-state index in [1.807, 2.05) is 4.90 Å². The second kappa shape index (κ2) is 10.4. The van der Waals surface area contributed by atoms with E-state index in [1.165, 1.54) is 22.5 Å². The Morgan fingerprint density at radius 3 is 2.62 bits per heavy atom. The summed E-state index contributed by atoms with van der Waals surface area (Å²) in [6.45, 7) is 8.13. The summed E-state index contributed by atoms with van der Waals surface area (Å²) in [5.74, 6) is -0.715. The van der Waals surface area contributed by atoms with Crippen LogP contribution in [0.3, 0.4) is 0 Å². The van der Waals surface area contributed by atoms with Gasteiger partial charge in [-0.2, -0.15) is 4.31 Å². The lowest BCUT2D eigenvalue weighted by Gasteiger charge is -2.38. The summed E-state index contributed by atoms with van der Waals surface area (Å²) in [6, 6.07) is 6.19. The summed E-state index contributed by atoms with van der Waals surface area (Å²) >= 11 is 0. The van der Waals surface area contributed by atoms with Gasteiger partial charge in [0.05, 0.1) is 5.92 Å². The number of piperazine rings is 1. The van der Waals surface area contributed by atoms with E-state index in [2.05, 4.69) is 17.0 Å². The molecule has 2 aromatic rings. The minimum absolute atomic E-state index is 0.0253. The first-order valence-electron chi connectivity index (χ1n) is 11.7. The van der Waals surface area contributed by atoms with Crippen molar-refractivity contribution >= 4 is 28.1 Å². The smallest absolute Gasteiger partial charge is 0.248 e. The molecule has 1 unspecified atom stereocenters. The summed E-state index contributed by atoms with van der Waals surface area (Å²) in [4.78, 5) is 17.3. The molecule has 2 fully saturated rings. The zero-order valence-corrected chi connectivity index (χ0v) is 20.4. The van der Waals surface area contributed by atoms with E-state index >= 15 is 0 Å². The quantitative estimate of drug-likeness (QED) is 0.619. The number of halogens is 1. The molecule has 3 heterocycles. The number of hydrogen-bond acceptors (Lipinski definition) is 6. The molecule has 0 N–H and O–H groups in total. The highest BCUT2D eigenvalue weighted by Crippen LogP contribution is 2.30. The number of likely N-dealkylation sites (N-methyl/N-ethyl adjacent to an activating group) is 1. The van der Waals surface area contributed by atoms with Gasteiger partial charge in [-0.05, 0) is 44.5 Å². The normalized spacial score (nSPS) is 20.8. The van der Waals surface area contributed by atoms with Crippen LogP contribution in [-0.2, 0) is 14.8 Å². The number of aromatic nitrogens is 1. The van der Waals surface area contributed by atoms with Crippen LogP contribution in [0, 0.1) is 18.7 Å². The van der Waals surface area contributed by atoms with Gasteiger partial charge in [-0.15, -0.1) is 0 Å². The molecule has 0 bridgehead atoms. The van der Waals surface area contributed by atoms with E-state index < -0.39 is 15.8 Å². The van der Waals surface area contributed by atoms with Gasteiger partial charge >= 0.3 is 0 Å². The lowest BCUT2D eigenvalue weighted by molar-refractivity contribution is -0.138. The SMILES string of the molecule is CCN1CCN(C(=O)C2CCCN(S(=O)(=O)c3c(C)noc3C=Cc3ccccc3F)C2)CC1. The highest BCUT2D eigenvalue weighted by Gasteiger charge is 2.38. The van der Waals surface area contributed by atoms with Crippen molar-refractivity contribution in [2.75, 3.05) is 45.8 Å². The minimum Gasteiger partial charge on any atom is -0.355 e. The average Bonchev–Trinajstić information content (AvgIpc) is 3.24. The number of hydrogen-bond donors (Lipinski definition) is 0. The van der Waals surface area contributed by atoms with E-state index in [9.17, 15) is 17.6 Å². The van der Waals surface area contributed by atoms with E-state index in [-0.39, 0.29) is 34.7 Å². The van der Waals surface area contributed by atoms with Gasteiger partial charge in [-0.3, -0.25) is 4.79 Å². The molecule has 10 heteroatoms. The van der Waals surface area contributed by atoms with Crippen molar-refractivity contribution < 1.29 is 22.1 Å². The number of benzene rings is 1. The van der Waals surface area contributed by atoms with E-state index in [0.717, 1.165) is 19.6 Å². The molecule has 2 aliphatic rings. The van der Waals surface area contributed by atoms with Gasteiger partial charge in [-0.25, -0.2) is 12.8 Å². The first kappa shape index (κ1) is 24.6. The molecule has 0 aliphatic carbocycles. The van der Waals surface area contributed by atoms with Crippen molar-refractivity contribution in [3.05, 3.63) is 47.1 Å². The van der Waals surface area contributed by atoms with Crippen LogP contribution in [0.15, 0.2) is 33.7 Å². The molecule has 1 atom stereocenters. The molecule has 1 amide bonds. The summed E-state index contributed by atoms with van der Waals surface area (Å²) in [5, 5.41) is 3.85. The number of sulfonamides is 1. The first-order chi connectivity index (χ1) is 16.3. The number of piperidine rings is 1. The van der Waals surface area contributed by atoms with Crippen molar-refractivity contribution in [3.63, 3.8) is 0 Å². The van der Waals surface area contributed by atoms with Crippen LogP contribution < -0.4 is 0 Å². The van der Waals surface area contributed by atoms with E-state index in [4.69, 9.17) is 4.52 Å². The Kier molecular flexibility index (Phi) is 7.49. The van der Waals surface area contributed by atoms with Crippen LogP contribution in [-0.4, -0.2) is 79.4 Å². The van der Waals surface area contributed by atoms with Crippen LogP contribution in [0.1, 0.15) is 36.8 Å². The molecule has 8 nitrogen and oxygen atoms in total. The van der Waals surface area contributed by atoms with Crippen LogP contribution in [0.25, 0.3) is 12.2 Å². The maximum Gasteiger partial charge on any atom is 0.248 e. The number of amides is 1. The lowest BCUT2D eigenvalue weighted by atomic mass is 9.98. The van der Waals surface area contributed by atoms with Gasteiger partial charge in [0, 0.05) is 44.8 Å². The molecular formula is C24H31FN4O4S. The van der Waals surface area contributed by atoms with Crippen molar-refractivity contribution in [2.24, 2.45) is 5.92 Å². The van der Waals surface area contributed by atoms with Crippen molar-refractivity contribution in [1.29, 1.82) is 0 Å². The van der Waals surface area contributed by atoms with Crippen LogP contribution in [0.5, 0.6) is 0 Å². The molecule has 0 saturated carbocycles. The molecule has 34 heavy (non-hydrogen) atoms. The maximum atomic E-state index is 14.0. The Balaban J connectivity index is 1.52. The van der Waals surface area contributed by atoms with Gasteiger partial charge in [0.1, 0.15) is 11.5 Å². The highest BCUT2D eigenvalue weighted by molar-refractivity contribution is 7.89. The maximum absolute atomic E-state index is 14.0. The lowest BCUT2D eigenvalue weighted by Crippen LogP contribution is -2.52. The Hall–Kier alpha value is -2.56. The molecule has 0 radical (unpaired) electrons. The van der Waals surface area contributed by atoms with Gasteiger partial charge < -0.3 is 14.3 Å². The van der Waals surface area contributed by atoms with Gasteiger partial charge in [-0.1, -0.05) is 30.3 Å². The zero-order chi connectivity index (χ0) is 24.3. The van der Waals surface area contributed by atoms with Gasteiger partial charge in [0.25, 0.3) is 0 Å². The molecule has 184 valence electrons. The molecule has 1 aromatic carbocycles.